The zero-order valence-corrected chi connectivity index (χ0v) is 11.9. The average molecular weight is 298 g/mol. The molecule has 1 aromatic rings. The van der Waals surface area contributed by atoms with Gasteiger partial charge in [0.15, 0.2) is 0 Å². The number of hydrogen-bond acceptors (Lipinski definition) is 2. The first-order valence-corrected chi connectivity index (χ1v) is 7.52. The topological polar surface area (TPSA) is 21.1 Å². The minimum absolute atomic E-state index is 0.757. The molecule has 0 radical (unpaired) electrons. The van der Waals surface area contributed by atoms with Crippen molar-refractivity contribution in [3.8, 4) is 0 Å². The van der Waals surface area contributed by atoms with E-state index < -0.39 is 0 Å². The second-order valence-electron chi connectivity index (χ2n) is 5.39. The van der Waals surface area contributed by atoms with Crippen LogP contribution >= 0.6 is 15.9 Å². The average Bonchev–Trinajstić information content (AvgIpc) is 2.79. The normalized spacial score (nSPS) is 33.2. The first-order valence-electron chi connectivity index (χ1n) is 6.60. The van der Waals surface area contributed by atoms with Gasteiger partial charge < -0.3 is 0 Å². The van der Waals surface area contributed by atoms with Crippen LogP contribution in [0.2, 0.25) is 0 Å². The molecule has 2 aliphatic heterocycles. The molecule has 2 saturated heterocycles. The van der Waals surface area contributed by atoms with Crippen molar-refractivity contribution in [1.82, 2.24) is 14.7 Å². The molecule has 0 amide bonds. The van der Waals surface area contributed by atoms with E-state index in [1.165, 1.54) is 37.9 Å². The summed E-state index contributed by atoms with van der Waals surface area (Å²) in [7, 11) is 2.04. The van der Waals surface area contributed by atoms with Crippen molar-refractivity contribution in [3.05, 3.63) is 18.0 Å². The lowest BCUT2D eigenvalue weighted by molar-refractivity contribution is 0.146. The molecule has 4 heteroatoms. The van der Waals surface area contributed by atoms with Crippen LogP contribution < -0.4 is 0 Å². The van der Waals surface area contributed by atoms with Gasteiger partial charge >= 0.3 is 0 Å². The van der Waals surface area contributed by atoms with Crippen LogP contribution in [0, 0.1) is 0 Å². The predicted octanol–water partition coefficient (Wildman–Crippen LogP) is 2.35. The fraction of sp³-hybridized carbons (Fsp3) is 0.769. The van der Waals surface area contributed by atoms with Gasteiger partial charge in [0, 0.05) is 48.8 Å². The highest BCUT2D eigenvalue weighted by Gasteiger charge is 2.39. The Hall–Kier alpha value is -0.350. The van der Waals surface area contributed by atoms with Gasteiger partial charge in [-0.2, -0.15) is 5.10 Å². The monoisotopic (exact) mass is 297 g/mol. The van der Waals surface area contributed by atoms with E-state index in [2.05, 4.69) is 32.0 Å². The predicted molar refractivity (Wildman–Crippen MR) is 72.4 cm³/mol. The number of rotatable bonds is 3. The van der Waals surface area contributed by atoms with Crippen molar-refractivity contribution in [2.45, 2.75) is 49.0 Å². The number of aromatic nitrogens is 2. The third-order valence-corrected chi connectivity index (χ3v) is 5.12. The smallest absolute Gasteiger partial charge is 0.0492 e. The summed E-state index contributed by atoms with van der Waals surface area (Å²) in [6, 6.07) is 3.79. The molecule has 0 aliphatic carbocycles. The Bertz CT molecular complexity index is 376. The van der Waals surface area contributed by atoms with Crippen LogP contribution in [-0.2, 0) is 13.5 Å². The van der Waals surface area contributed by atoms with Gasteiger partial charge in [-0.25, -0.2) is 0 Å². The highest BCUT2D eigenvalue weighted by molar-refractivity contribution is 9.09. The standard InChI is InChI=1S/C13H20BrN3/c1-16-11(4-6-15-16)5-7-17-12-2-3-13(17)9-10(14)8-12/h4,6,10,12-13H,2-3,5,7-9H2,1H3. The van der Waals surface area contributed by atoms with Gasteiger partial charge in [0.2, 0.25) is 0 Å². The summed E-state index contributed by atoms with van der Waals surface area (Å²) in [6.07, 6.45) is 8.51. The number of aryl methyl sites for hydroxylation is 1. The minimum Gasteiger partial charge on any atom is -0.297 e. The summed E-state index contributed by atoms with van der Waals surface area (Å²) in [6.45, 7) is 1.20. The number of alkyl halides is 1. The Balaban J connectivity index is 1.61. The Morgan fingerprint density at radius 1 is 1.35 bits per heavy atom. The summed E-state index contributed by atoms with van der Waals surface area (Å²) in [5, 5.41) is 4.24. The van der Waals surface area contributed by atoms with Crippen LogP contribution in [-0.4, -0.2) is 38.1 Å². The Kier molecular flexibility index (Phi) is 3.26. The molecule has 3 rings (SSSR count). The molecule has 2 bridgehead atoms. The molecule has 0 saturated carbocycles. The number of fused-ring (bicyclic) bond motifs is 2. The van der Waals surface area contributed by atoms with Crippen LogP contribution in [0.15, 0.2) is 12.3 Å². The maximum Gasteiger partial charge on any atom is 0.0492 e. The van der Waals surface area contributed by atoms with E-state index in [-0.39, 0.29) is 0 Å². The molecule has 2 aliphatic rings. The van der Waals surface area contributed by atoms with Crippen molar-refractivity contribution in [3.63, 3.8) is 0 Å². The molecular formula is C13H20BrN3. The number of hydrogen-bond donors (Lipinski definition) is 0. The summed E-state index contributed by atoms with van der Waals surface area (Å²) >= 11 is 3.80. The van der Waals surface area contributed by atoms with Gasteiger partial charge in [-0.05, 0) is 31.7 Å². The third kappa shape index (κ3) is 2.29. The van der Waals surface area contributed by atoms with Crippen molar-refractivity contribution >= 4 is 15.9 Å². The molecule has 2 atom stereocenters. The first-order chi connectivity index (χ1) is 8.24. The zero-order chi connectivity index (χ0) is 11.8. The first kappa shape index (κ1) is 11.7. The zero-order valence-electron chi connectivity index (χ0n) is 10.3. The third-order valence-electron chi connectivity index (χ3n) is 4.38. The van der Waals surface area contributed by atoms with Gasteiger partial charge in [-0.1, -0.05) is 15.9 Å². The lowest BCUT2D eigenvalue weighted by Crippen LogP contribution is -2.44. The van der Waals surface area contributed by atoms with Crippen LogP contribution in [0.5, 0.6) is 0 Å². The van der Waals surface area contributed by atoms with E-state index in [0.29, 0.717) is 0 Å². The molecule has 3 heterocycles. The van der Waals surface area contributed by atoms with Crippen LogP contribution in [0.25, 0.3) is 0 Å². The summed E-state index contributed by atoms with van der Waals surface area (Å²) in [5.41, 5.74) is 1.35. The van der Waals surface area contributed by atoms with Gasteiger partial charge in [0.1, 0.15) is 0 Å². The van der Waals surface area contributed by atoms with E-state index in [1.54, 1.807) is 0 Å². The van der Waals surface area contributed by atoms with E-state index in [1.807, 2.05) is 17.9 Å². The highest BCUT2D eigenvalue weighted by atomic mass is 79.9. The second-order valence-corrected chi connectivity index (χ2v) is 6.68. The van der Waals surface area contributed by atoms with E-state index in [0.717, 1.165) is 23.3 Å². The van der Waals surface area contributed by atoms with Gasteiger partial charge in [-0.3, -0.25) is 9.58 Å². The summed E-state index contributed by atoms with van der Waals surface area (Å²) in [4.78, 5) is 3.50. The largest absolute Gasteiger partial charge is 0.297 e. The molecule has 0 spiro atoms. The fourth-order valence-corrected chi connectivity index (χ4v) is 4.33. The lowest BCUT2D eigenvalue weighted by atomic mass is 10.0. The molecule has 94 valence electrons. The molecular weight excluding hydrogens is 278 g/mol. The van der Waals surface area contributed by atoms with Crippen molar-refractivity contribution in [2.75, 3.05) is 6.54 Å². The van der Waals surface area contributed by atoms with Crippen molar-refractivity contribution in [2.24, 2.45) is 7.05 Å². The second kappa shape index (κ2) is 4.73. The van der Waals surface area contributed by atoms with Gasteiger partial charge in [0.05, 0.1) is 0 Å². The van der Waals surface area contributed by atoms with E-state index in [9.17, 15) is 0 Å². The van der Waals surface area contributed by atoms with Crippen LogP contribution in [0.4, 0.5) is 0 Å². The molecule has 2 unspecified atom stereocenters. The molecule has 3 nitrogen and oxygen atoms in total. The molecule has 0 aromatic carbocycles. The quantitative estimate of drug-likeness (QED) is 0.799. The SMILES string of the molecule is Cn1nccc1CCN1C2CCC1CC(Br)C2. The molecule has 2 fully saturated rings. The molecule has 1 aromatic heterocycles. The molecule has 0 N–H and O–H groups in total. The van der Waals surface area contributed by atoms with Gasteiger partial charge in [-0.15, -0.1) is 0 Å². The number of halogens is 1. The number of piperidine rings is 1. The van der Waals surface area contributed by atoms with Crippen LogP contribution in [0.3, 0.4) is 0 Å². The summed E-state index contributed by atoms with van der Waals surface area (Å²) in [5.74, 6) is 0. The Morgan fingerprint density at radius 3 is 2.65 bits per heavy atom. The maximum absolute atomic E-state index is 4.24. The van der Waals surface area contributed by atoms with Crippen LogP contribution in [0.1, 0.15) is 31.4 Å². The van der Waals surface area contributed by atoms with E-state index in [4.69, 9.17) is 0 Å². The molecule has 17 heavy (non-hydrogen) atoms. The van der Waals surface area contributed by atoms with Gasteiger partial charge in [0.25, 0.3) is 0 Å². The summed E-state index contributed by atoms with van der Waals surface area (Å²) < 4.78 is 2.00. The lowest BCUT2D eigenvalue weighted by Gasteiger charge is -2.37. The fourth-order valence-electron chi connectivity index (χ4n) is 3.46. The Morgan fingerprint density at radius 2 is 2.06 bits per heavy atom. The maximum atomic E-state index is 4.24. The minimum atomic E-state index is 0.757. The van der Waals surface area contributed by atoms with E-state index >= 15 is 0 Å². The van der Waals surface area contributed by atoms with Crippen molar-refractivity contribution < 1.29 is 0 Å². The number of nitrogens with zero attached hydrogens (tertiary/aromatic N) is 3. The Labute approximate surface area is 111 Å². The highest BCUT2D eigenvalue weighted by Crippen LogP contribution is 2.38. The van der Waals surface area contributed by atoms with Crippen molar-refractivity contribution in [1.29, 1.82) is 0 Å².